The monoisotopic (exact) mass is 157 g/mol. The van der Waals surface area contributed by atoms with E-state index in [4.69, 9.17) is 9.94 Å². The van der Waals surface area contributed by atoms with Gasteiger partial charge >= 0.3 is 0 Å². The molecule has 0 aliphatic carbocycles. The Morgan fingerprint density at radius 3 is 2.82 bits per heavy atom. The van der Waals surface area contributed by atoms with Gasteiger partial charge in [0.15, 0.2) is 0 Å². The fourth-order valence-electron chi connectivity index (χ4n) is 0.717. The van der Waals surface area contributed by atoms with Gasteiger partial charge in [-0.05, 0) is 12.1 Å². The van der Waals surface area contributed by atoms with Gasteiger partial charge in [0, 0.05) is 6.07 Å². The first-order valence-corrected chi connectivity index (χ1v) is 3.01. The maximum absolute atomic E-state index is 12.6. The van der Waals surface area contributed by atoms with Gasteiger partial charge in [-0.25, -0.2) is 4.39 Å². The summed E-state index contributed by atoms with van der Waals surface area (Å²) in [6.07, 6.45) is 0. The Morgan fingerprint density at radius 2 is 2.27 bits per heavy atom. The molecular weight excluding hydrogens is 149 g/mol. The van der Waals surface area contributed by atoms with Crippen molar-refractivity contribution in [3.8, 4) is 5.75 Å². The summed E-state index contributed by atoms with van der Waals surface area (Å²) >= 11 is 0. The molecule has 2 N–H and O–H groups in total. The molecule has 0 saturated heterocycles. The van der Waals surface area contributed by atoms with Crippen molar-refractivity contribution in [2.45, 2.75) is 0 Å². The lowest BCUT2D eigenvalue weighted by Gasteiger charge is -2.03. The van der Waals surface area contributed by atoms with E-state index in [-0.39, 0.29) is 5.69 Å². The molecule has 4 heteroatoms. The first kappa shape index (κ1) is 7.81. The van der Waals surface area contributed by atoms with Gasteiger partial charge in [0.2, 0.25) is 0 Å². The molecular formula is C7H8FNO2. The van der Waals surface area contributed by atoms with Crippen LogP contribution >= 0.6 is 0 Å². The number of methoxy groups -OCH3 is 1. The summed E-state index contributed by atoms with van der Waals surface area (Å²) in [7, 11) is 1.47. The van der Waals surface area contributed by atoms with E-state index >= 15 is 0 Å². The average molecular weight is 157 g/mol. The molecule has 0 unspecified atom stereocenters. The summed E-state index contributed by atoms with van der Waals surface area (Å²) in [6, 6.07) is 4.03. The van der Waals surface area contributed by atoms with Crippen molar-refractivity contribution in [3.63, 3.8) is 0 Å². The summed E-state index contributed by atoms with van der Waals surface area (Å²) in [6.45, 7) is 0. The van der Waals surface area contributed by atoms with Gasteiger partial charge in [-0.2, -0.15) is 0 Å². The van der Waals surface area contributed by atoms with Crippen LogP contribution in [0.3, 0.4) is 0 Å². The van der Waals surface area contributed by atoms with Crippen LogP contribution in [0, 0.1) is 5.82 Å². The first-order chi connectivity index (χ1) is 5.27. The third-order valence-electron chi connectivity index (χ3n) is 1.29. The number of benzene rings is 1. The molecule has 0 aliphatic rings. The molecule has 3 nitrogen and oxygen atoms in total. The van der Waals surface area contributed by atoms with Crippen LogP contribution in [0.4, 0.5) is 10.1 Å². The second-order valence-corrected chi connectivity index (χ2v) is 1.96. The summed E-state index contributed by atoms with van der Waals surface area (Å²) in [4.78, 5) is 0. The minimum Gasteiger partial charge on any atom is -0.497 e. The smallest absolute Gasteiger partial charge is 0.148 e. The first-order valence-electron chi connectivity index (χ1n) is 3.01. The summed E-state index contributed by atoms with van der Waals surface area (Å²) in [5, 5.41) is 8.39. The SMILES string of the molecule is COc1ccc(F)c(NO)c1. The molecule has 0 spiro atoms. The molecule has 0 saturated carbocycles. The fraction of sp³-hybridized carbons (Fsp3) is 0.143. The number of anilines is 1. The number of ether oxygens (including phenoxy) is 1. The number of rotatable bonds is 2. The van der Waals surface area contributed by atoms with Crippen LogP contribution in [0.25, 0.3) is 0 Å². The number of nitrogens with one attached hydrogen (secondary N) is 1. The van der Waals surface area contributed by atoms with Crippen molar-refractivity contribution < 1.29 is 14.3 Å². The zero-order valence-corrected chi connectivity index (χ0v) is 5.97. The highest BCUT2D eigenvalue weighted by molar-refractivity contribution is 5.47. The molecule has 0 radical (unpaired) electrons. The maximum atomic E-state index is 12.6. The Balaban J connectivity index is 3.02. The van der Waals surface area contributed by atoms with Crippen LogP contribution in [0.1, 0.15) is 0 Å². The van der Waals surface area contributed by atoms with E-state index in [0.717, 1.165) is 0 Å². The molecule has 0 bridgehead atoms. The number of hydrogen-bond donors (Lipinski definition) is 2. The fourth-order valence-corrected chi connectivity index (χ4v) is 0.717. The Morgan fingerprint density at radius 1 is 1.55 bits per heavy atom. The highest BCUT2D eigenvalue weighted by Gasteiger charge is 2.00. The van der Waals surface area contributed by atoms with Gasteiger partial charge in [-0.3, -0.25) is 10.7 Å². The Hall–Kier alpha value is -1.29. The third-order valence-corrected chi connectivity index (χ3v) is 1.29. The van der Waals surface area contributed by atoms with Gasteiger partial charge in [0.25, 0.3) is 0 Å². The average Bonchev–Trinajstić information content (AvgIpc) is 2.05. The van der Waals surface area contributed by atoms with Crippen LogP contribution in [0.15, 0.2) is 18.2 Å². The van der Waals surface area contributed by atoms with E-state index in [0.29, 0.717) is 5.75 Å². The zero-order chi connectivity index (χ0) is 8.27. The molecule has 0 aromatic heterocycles. The van der Waals surface area contributed by atoms with Crippen molar-refractivity contribution in [1.82, 2.24) is 0 Å². The maximum Gasteiger partial charge on any atom is 0.148 e. The van der Waals surface area contributed by atoms with Gasteiger partial charge in [-0.15, -0.1) is 0 Å². The van der Waals surface area contributed by atoms with Crippen LogP contribution in [0.2, 0.25) is 0 Å². The van der Waals surface area contributed by atoms with Crippen molar-refractivity contribution in [2.75, 3.05) is 12.6 Å². The van der Waals surface area contributed by atoms with E-state index in [2.05, 4.69) is 0 Å². The predicted molar refractivity (Wildman–Crippen MR) is 38.4 cm³/mol. The number of halogens is 1. The molecule has 60 valence electrons. The predicted octanol–water partition coefficient (Wildman–Crippen LogP) is 1.64. The lowest BCUT2D eigenvalue weighted by atomic mass is 10.3. The summed E-state index contributed by atoms with van der Waals surface area (Å²) in [5.74, 6) is -0.0312. The standard InChI is InChI=1S/C7H8FNO2/c1-11-5-2-3-6(8)7(4-5)9-10/h2-4,9-10H,1H3. The van der Waals surface area contributed by atoms with Crippen LogP contribution in [-0.4, -0.2) is 12.3 Å². The van der Waals surface area contributed by atoms with Crippen molar-refractivity contribution in [3.05, 3.63) is 24.0 Å². The quantitative estimate of drug-likeness (QED) is 0.641. The van der Waals surface area contributed by atoms with E-state index in [1.807, 2.05) is 0 Å². The molecule has 0 aliphatic heterocycles. The van der Waals surface area contributed by atoms with Gasteiger partial charge in [0.05, 0.1) is 12.8 Å². The van der Waals surface area contributed by atoms with Crippen molar-refractivity contribution in [2.24, 2.45) is 0 Å². The lowest BCUT2D eigenvalue weighted by molar-refractivity contribution is 0.381. The van der Waals surface area contributed by atoms with Crippen molar-refractivity contribution >= 4 is 5.69 Å². The third kappa shape index (κ3) is 1.59. The molecule has 0 fully saturated rings. The molecule has 1 rings (SSSR count). The largest absolute Gasteiger partial charge is 0.497 e. The Labute approximate surface area is 63.4 Å². The lowest BCUT2D eigenvalue weighted by Crippen LogP contribution is -1.93. The number of hydrogen-bond acceptors (Lipinski definition) is 3. The van der Waals surface area contributed by atoms with Crippen LogP contribution in [0.5, 0.6) is 5.75 Å². The van der Waals surface area contributed by atoms with E-state index in [9.17, 15) is 4.39 Å². The van der Waals surface area contributed by atoms with Crippen LogP contribution in [-0.2, 0) is 0 Å². The van der Waals surface area contributed by atoms with Gasteiger partial charge in [-0.1, -0.05) is 0 Å². The minimum atomic E-state index is -0.520. The van der Waals surface area contributed by atoms with E-state index < -0.39 is 5.82 Å². The minimum absolute atomic E-state index is 0.00403. The molecule has 0 heterocycles. The zero-order valence-electron chi connectivity index (χ0n) is 5.97. The molecule has 1 aromatic rings. The second kappa shape index (κ2) is 3.21. The van der Waals surface area contributed by atoms with E-state index in [1.165, 1.54) is 25.3 Å². The van der Waals surface area contributed by atoms with Gasteiger partial charge in [0.1, 0.15) is 11.6 Å². The summed E-state index contributed by atoms with van der Waals surface area (Å²) < 4.78 is 17.4. The van der Waals surface area contributed by atoms with E-state index in [1.54, 1.807) is 5.48 Å². The molecule has 11 heavy (non-hydrogen) atoms. The molecule has 1 aromatic carbocycles. The van der Waals surface area contributed by atoms with Crippen molar-refractivity contribution in [1.29, 1.82) is 0 Å². The highest BCUT2D eigenvalue weighted by Crippen LogP contribution is 2.19. The Bertz CT molecular complexity index is 252. The van der Waals surface area contributed by atoms with Gasteiger partial charge < -0.3 is 4.74 Å². The Kier molecular flexibility index (Phi) is 2.28. The molecule has 0 atom stereocenters. The topological polar surface area (TPSA) is 41.5 Å². The molecule has 0 amide bonds. The highest BCUT2D eigenvalue weighted by atomic mass is 19.1. The van der Waals surface area contributed by atoms with Crippen LogP contribution < -0.4 is 10.2 Å². The normalized spacial score (nSPS) is 9.36. The second-order valence-electron chi connectivity index (χ2n) is 1.96. The summed E-state index contributed by atoms with van der Waals surface area (Å²) in [5.41, 5.74) is 1.72.